The zero-order chi connectivity index (χ0) is 13.3. The molecule has 92 valence electrons. The van der Waals surface area contributed by atoms with Crippen LogP contribution < -0.4 is 11.5 Å². The molecule has 0 rings (SSSR count). The van der Waals surface area contributed by atoms with Crippen LogP contribution in [-0.4, -0.2) is 11.9 Å². The Labute approximate surface area is 98.6 Å². The molecule has 0 aromatic heterocycles. The van der Waals surface area contributed by atoms with Crippen LogP contribution in [0.3, 0.4) is 0 Å². The van der Waals surface area contributed by atoms with Crippen molar-refractivity contribution in [2.45, 2.75) is 6.92 Å². The number of allylic oxidation sites excluding steroid dienone is 4. The number of ether oxygens (including phenoxy) is 1. The number of aliphatic imine (C=N–C) groups is 1. The molecule has 6 heteroatoms. The monoisotopic (exact) mass is 239 g/mol. The molecule has 0 aromatic rings. The summed E-state index contributed by atoms with van der Waals surface area (Å²) >= 11 is 0. The second kappa shape index (κ2) is 7.86. The summed E-state index contributed by atoms with van der Waals surface area (Å²) in [7, 11) is 0. The molecular weight excluding hydrogens is 225 g/mol. The first-order valence-corrected chi connectivity index (χ1v) is 4.58. The van der Waals surface area contributed by atoms with Gasteiger partial charge in [-0.2, -0.15) is 4.99 Å². The number of rotatable bonds is 5. The Morgan fingerprint density at radius 1 is 1.47 bits per heavy atom. The van der Waals surface area contributed by atoms with Gasteiger partial charge in [0.15, 0.2) is 11.8 Å². The molecule has 0 radical (unpaired) electrons. The first-order chi connectivity index (χ1) is 7.97. The Hall–Kier alpha value is -2.37. The topological polar surface area (TPSA) is 90.7 Å². The van der Waals surface area contributed by atoms with Crippen molar-refractivity contribution in [3.63, 3.8) is 0 Å². The molecule has 0 saturated heterocycles. The van der Waals surface area contributed by atoms with Gasteiger partial charge in [-0.25, -0.2) is 4.39 Å². The van der Waals surface area contributed by atoms with Crippen molar-refractivity contribution in [1.82, 2.24) is 0 Å². The van der Waals surface area contributed by atoms with Gasteiger partial charge in [0.25, 0.3) is 5.91 Å². The van der Waals surface area contributed by atoms with Crippen LogP contribution in [-0.2, 0) is 9.53 Å². The van der Waals surface area contributed by atoms with E-state index in [1.54, 1.807) is 0 Å². The Balaban J connectivity index is 4.52. The normalized spacial score (nSPS) is 12.4. The third kappa shape index (κ3) is 7.55. The molecule has 4 N–H and O–H groups in total. The van der Waals surface area contributed by atoms with E-state index in [9.17, 15) is 9.18 Å². The predicted octanol–water partition coefficient (Wildman–Crippen LogP) is 1.26. The zero-order valence-corrected chi connectivity index (χ0v) is 9.39. The lowest BCUT2D eigenvalue weighted by Gasteiger charge is -1.93. The average Bonchev–Trinajstić information content (AvgIpc) is 2.25. The number of hydrogen-bond acceptors (Lipinski definition) is 2. The van der Waals surface area contributed by atoms with E-state index in [1.165, 1.54) is 19.1 Å². The van der Waals surface area contributed by atoms with Gasteiger partial charge < -0.3 is 16.2 Å². The molecule has 0 heterocycles. The SMILES string of the molecule is C=CO/C=C(F)/C=C/C=C(\C)C(=O)N=C(N)N. The Bertz CT molecular complexity index is 405. The van der Waals surface area contributed by atoms with Crippen molar-refractivity contribution < 1.29 is 13.9 Å². The van der Waals surface area contributed by atoms with Crippen molar-refractivity contribution in [3.8, 4) is 0 Å². The van der Waals surface area contributed by atoms with Gasteiger partial charge >= 0.3 is 0 Å². The Morgan fingerprint density at radius 2 is 2.12 bits per heavy atom. The van der Waals surface area contributed by atoms with E-state index in [0.29, 0.717) is 0 Å². The highest BCUT2D eigenvalue weighted by Gasteiger charge is 2.00. The molecule has 0 unspecified atom stereocenters. The van der Waals surface area contributed by atoms with Gasteiger partial charge in [-0.3, -0.25) is 4.79 Å². The highest BCUT2D eigenvalue weighted by molar-refractivity contribution is 6.01. The third-order valence-electron chi connectivity index (χ3n) is 1.45. The molecule has 0 spiro atoms. The molecule has 0 aliphatic heterocycles. The van der Waals surface area contributed by atoms with Gasteiger partial charge in [0, 0.05) is 5.57 Å². The van der Waals surface area contributed by atoms with Crippen molar-refractivity contribution in [2.24, 2.45) is 16.5 Å². The summed E-state index contributed by atoms with van der Waals surface area (Å²) < 4.78 is 17.4. The number of halogens is 1. The van der Waals surface area contributed by atoms with Crippen LogP contribution in [0.5, 0.6) is 0 Å². The van der Waals surface area contributed by atoms with Crippen molar-refractivity contribution >= 4 is 11.9 Å². The molecule has 0 bridgehead atoms. The molecule has 0 aliphatic carbocycles. The maximum atomic E-state index is 12.9. The van der Waals surface area contributed by atoms with E-state index in [2.05, 4.69) is 16.3 Å². The molecular formula is C11H14FN3O2. The number of carbonyl (C=O) groups is 1. The smallest absolute Gasteiger partial charge is 0.275 e. The maximum absolute atomic E-state index is 12.9. The summed E-state index contributed by atoms with van der Waals surface area (Å²) in [6, 6.07) is 0. The fourth-order valence-corrected chi connectivity index (χ4v) is 0.713. The van der Waals surface area contributed by atoms with Crippen LogP contribution >= 0.6 is 0 Å². The standard InChI is InChI=1S/C11H14FN3O2/c1-3-17-7-9(12)6-4-5-8(2)10(16)15-11(13)14/h3-7H,1H2,2H3,(H4,13,14,15,16)/b6-4+,8-5+,9-7-. The minimum atomic E-state index is -0.622. The van der Waals surface area contributed by atoms with Crippen LogP contribution in [0.25, 0.3) is 0 Å². The van der Waals surface area contributed by atoms with E-state index in [0.717, 1.165) is 18.6 Å². The maximum Gasteiger partial charge on any atom is 0.275 e. The number of hydrogen-bond donors (Lipinski definition) is 2. The minimum Gasteiger partial charge on any atom is -0.470 e. The minimum absolute atomic E-state index is 0.270. The second-order valence-corrected chi connectivity index (χ2v) is 2.86. The molecule has 0 aliphatic rings. The molecule has 17 heavy (non-hydrogen) atoms. The van der Waals surface area contributed by atoms with Gasteiger partial charge in [0.1, 0.15) is 6.26 Å². The largest absolute Gasteiger partial charge is 0.470 e. The fraction of sp³-hybridized carbons (Fsp3) is 0.0909. The van der Waals surface area contributed by atoms with Crippen LogP contribution in [0.1, 0.15) is 6.92 Å². The third-order valence-corrected chi connectivity index (χ3v) is 1.45. The number of guanidine groups is 1. The highest BCUT2D eigenvalue weighted by atomic mass is 19.1. The molecule has 0 atom stereocenters. The van der Waals surface area contributed by atoms with E-state index in [1.807, 2.05) is 0 Å². The van der Waals surface area contributed by atoms with E-state index < -0.39 is 11.7 Å². The quantitative estimate of drug-likeness (QED) is 0.248. The van der Waals surface area contributed by atoms with Crippen LogP contribution in [0.15, 0.2) is 53.7 Å². The average molecular weight is 239 g/mol. The molecule has 0 saturated carbocycles. The number of nitrogens with zero attached hydrogens (tertiary/aromatic N) is 1. The van der Waals surface area contributed by atoms with Crippen LogP contribution in [0.2, 0.25) is 0 Å². The van der Waals surface area contributed by atoms with Crippen molar-refractivity contribution in [3.05, 3.63) is 48.7 Å². The Kier molecular flexibility index (Phi) is 6.77. The van der Waals surface area contributed by atoms with Gasteiger partial charge in [-0.1, -0.05) is 18.7 Å². The summed E-state index contributed by atoms with van der Waals surface area (Å²) in [5, 5.41) is 0. The van der Waals surface area contributed by atoms with E-state index in [4.69, 9.17) is 11.5 Å². The van der Waals surface area contributed by atoms with Gasteiger partial charge in [-0.15, -0.1) is 0 Å². The zero-order valence-electron chi connectivity index (χ0n) is 9.39. The fourth-order valence-electron chi connectivity index (χ4n) is 0.713. The summed E-state index contributed by atoms with van der Waals surface area (Å²) in [4.78, 5) is 14.5. The Morgan fingerprint density at radius 3 is 2.65 bits per heavy atom. The van der Waals surface area contributed by atoms with Gasteiger partial charge in [0.05, 0.1) is 6.26 Å². The van der Waals surface area contributed by atoms with Crippen molar-refractivity contribution in [1.29, 1.82) is 0 Å². The predicted molar refractivity (Wildman–Crippen MR) is 64.2 cm³/mol. The molecule has 0 fully saturated rings. The molecule has 1 amide bonds. The van der Waals surface area contributed by atoms with Crippen LogP contribution in [0.4, 0.5) is 4.39 Å². The molecule has 5 nitrogen and oxygen atoms in total. The number of amides is 1. The summed E-state index contributed by atoms with van der Waals surface area (Å²) in [6.07, 6.45) is 5.75. The van der Waals surface area contributed by atoms with E-state index >= 15 is 0 Å². The molecule has 0 aromatic carbocycles. The second-order valence-electron chi connectivity index (χ2n) is 2.86. The number of nitrogens with two attached hydrogens (primary N) is 2. The first kappa shape index (κ1) is 14.6. The summed E-state index contributed by atoms with van der Waals surface area (Å²) in [5.41, 5.74) is 10.3. The van der Waals surface area contributed by atoms with Gasteiger partial charge in [0.2, 0.25) is 0 Å². The lowest BCUT2D eigenvalue weighted by molar-refractivity contribution is -0.114. The lowest BCUT2D eigenvalue weighted by atomic mass is 10.2. The van der Waals surface area contributed by atoms with Crippen molar-refractivity contribution in [2.75, 3.05) is 0 Å². The summed E-state index contributed by atoms with van der Waals surface area (Å²) in [5.74, 6) is -1.53. The first-order valence-electron chi connectivity index (χ1n) is 4.58. The summed E-state index contributed by atoms with van der Waals surface area (Å²) in [6.45, 7) is 4.74. The number of carbonyl (C=O) groups excluding carboxylic acids is 1. The van der Waals surface area contributed by atoms with Gasteiger partial charge in [-0.05, 0) is 13.0 Å². The highest BCUT2D eigenvalue weighted by Crippen LogP contribution is 2.02. The van der Waals surface area contributed by atoms with E-state index in [-0.39, 0.29) is 11.5 Å². The lowest BCUT2D eigenvalue weighted by Crippen LogP contribution is -2.24. The van der Waals surface area contributed by atoms with Crippen LogP contribution in [0, 0.1) is 0 Å².